The second-order valence-corrected chi connectivity index (χ2v) is 11.1. The lowest BCUT2D eigenvalue weighted by Gasteiger charge is -2.20. The first-order valence-electron chi connectivity index (χ1n) is 11.6. The molecule has 2 aromatic carbocycles. The maximum atomic E-state index is 12.2. The molecular weight excluding hydrogens is 464 g/mol. The van der Waals surface area contributed by atoms with E-state index < -0.39 is 15.3 Å². The van der Waals surface area contributed by atoms with Crippen molar-refractivity contribution < 1.29 is 13.2 Å². The lowest BCUT2D eigenvalue weighted by molar-refractivity contribution is 0.107. The van der Waals surface area contributed by atoms with Gasteiger partial charge >= 0.3 is 0 Å². The Morgan fingerprint density at radius 3 is 2.69 bits per heavy atom. The van der Waals surface area contributed by atoms with Crippen LogP contribution in [0.15, 0.2) is 54.7 Å². The van der Waals surface area contributed by atoms with Gasteiger partial charge in [-0.2, -0.15) is 14.8 Å². The fraction of sp³-hybridized carbons (Fsp3) is 0.320. The Hall–Kier alpha value is -3.34. The summed E-state index contributed by atoms with van der Waals surface area (Å²) in [5.41, 5.74) is 4.71. The van der Waals surface area contributed by atoms with Crippen LogP contribution in [0.3, 0.4) is 0 Å². The topological polar surface area (TPSA) is 111 Å². The Balaban J connectivity index is 1.49. The number of hydrogen-bond donors (Lipinski definition) is 2. The van der Waals surface area contributed by atoms with Crippen molar-refractivity contribution in [1.29, 1.82) is 0 Å². The molecule has 0 radical (unpaired) electrons. The zero-order chi connectivity index (χ0) is 24.4. The highest BCUT2D eigenvalue weighted by molar-refractivity contribution is 7.90. The standard InChI is InChI=1S/C25H28N6O3S/c1-17(2)35(32,33)28-14-19-9-6-10-23-21(19)15-27-31(23)25-29-22-16-34-12-11-20(22)24(30-25)26-13-18-7-4-3-5-8-18/h3-10,15,17,28H,11-14,16H2,1-2H3,(H,26,29,30). The van der Waals surface area contributed by atoms with Gasteiger partial charge in [0, 0.05) is 30.5 Å². The molecule has 5 rings (SSSR count). The highest BCUT2D eigenvalue weighted by Gasteiger charge is 2.21. The first-order valence-corrected chi connectivity index (χ1v) is 13.2. The largest absolute Gasteiger partial charge is 0.375 e. The SMILES string of the molecule is CC(C)S(=O)(=O)NCc1cccc2c1cnn2-c1nc2c(c(NCc3ccccc3)n1)CCOC2. The quantitative estimate of drug-likeness (QED) is 0.388. The van der Waals surface area contributed by atoms with Crippen molar-refractivity contribution in [3.8, 4) is 5.95 Å². The van der Waals surface area contributed by atoms with Gasteiger partial charge in [-0.25, -0.2) is 18.1 Å². The average molecular weight is 493 g/mol. The molecule has 1 aliphatic rings. The summed E-state index contributed by atoms with van der Waals surface area (Å²) in [6.45, 7) is 5.20. The lowest BCUT2D eigenvalue weighted by Crippen LogP contribution is -2.30. The summed E-state index contributed by atoms with van der Waals surface area (Å²) in [5.74, 6) is 1.22. The number of aromatic nitrogens is 4. The Kier molecular flexibility index (Phi) is 6.50. The van der Waals surface area contributed by atoms with E-state index in [9.17, 15) is 8.42 Å². The van der Waals surface area contributed by atoms with Crippen LogP contribution < -0.4 is 10.0 Å². The van der Waals surface area contributed by atoms with E-state index in [0.717, 1.165) is 45.5 Å². The van der Waals surface area contributed by atoms with Gasteiger partial charge in [-0.3, -0.25) is 0 Å². The molecule has 3 heterocycles. The van der Waals surface area contributed by atoms with Crippen LogP contribution >= 0.6 is 0 Å². The maximum absolute atomic E-state index is 12.2. The molecule has 0 saturated carbocycles. The van der Waals surface area contributed by atoms with E-state index in [1.165, 1.54) is 0 Å². The molecule has 0 unspecified atom stereocenters. The number of benzene rings is 2. The van der Waals surface area contributed by atoms with E-state index in [2.05, 4.69) is 27.3 Å². The van der Waals surface area contributed by atoms with Crippen LogP contribution in [0.4, 0.5) is 5.82 Å². The highest BCUT2D eigenvalue weighted by atomic mass is 32.2. The molecule has 10 heteroatoms. The third-order valence-corrected chi connectivity index (χ3v) is 7.88. The fourth-order valence-electron chi connectivity index (χ4n) is 4.03. The number of ether oxygens (including phenoxy) is 1. The Labute approximate surface area is 204 Å². The number of sulfonamides is 1. The molecule has 0 amide bonds. The average Bonchev–Trinajstić information content (AvgIpc) is 3.31. The normalized spacial score (nSPS) is 13.8. The number of rotatable bonds is 8. The van der Waals surface area contributed by atoms with Crippen molar-refractivity contribution >= 4 is 26.7 Å². The fourth-order valence-corrected chi connectivity index (χ4v) is 4.72. The molecule has 182 valence electrons. The third-order valence-electron chi connectivity index (χ3n) is 6.10. The molecule has 2 aromatic heterocycles. The highest BCUT2D eigenvalue weighted by Crippen LogP contribution is 2.26. The summed E-state index contributed by atoms with van der Waals surface area (Å²) >= 11 is 0. The number of hydrogen-bond acceptors (Lipinski definition) is 7. The summed E-state index contributed by atoms with van der Waals surface area (Å²) in [6.07, 6.45) is 2.47. The summed E-state index contributed by atoms with van der Waals surface area (Å²) in [4.78, 5) is 9.62. The zero-order valence-electron chi connectivity index (χ0n) is 19.7. The van der Waals surface area contributed by atoms with Crippen LogP contribution in [0.5, 0.6) is 0 Å². The van der Waals surface area contributed by atoms with Gasteiger partial charge in [0.15, 0.2) is 0 Å². The van der Waals surface area contributed by atoms with Crippen molar-refractivity contribution in [3.63, 3.8) is 0 Å². The molecule has 0 spiro atoms. The molecule has 0 fully saturated rings. The molecule has 4 aromatic rings. The molecule has 9 nitrogen and oxygen atoms in total. The van der Waals surface area contributed by atoms with E-state index in [4.69, 9.17) is 14.7 Å². The number of fused-ring (bicyclic) bond motifs is 2. The summed E-state index contributed by atoms with van der Waals surface area (Å²) in [5, 5.41) is 8.37. The third kappa shape index (κ3) is 4.90. The van der Waals surface area contributed by atoms with E-state index in [1.54, 1.807) is 24.7 Å². The number of nitrogens with zero attached hydrogens (tertiary/aromatic N) is 4. The van der Waals surface area contributed by atoms with Crippen LogP contribution in [0.1, 0.15) is 36.2 Å². The Morgan fingerprint density at radius 1 is 1.06 bits per heavy atom. The second kappa shape index (κ2) is 9.73. The molecule has 0 bridgehead atoms. The Morgan fingerprint density at radius 2 is 1.89 bits per heavy atom. The van der Waals surface area contributed by atoms with Crippen LogP contribution in [0.25, 0.3) is 16.9 Å². The van der Waals surface area contributed by atoms with Crippen LogP contribution in [0, 0.1) is 0 Å². The smallest absolute Gasteiger partial charge is 0.253 e. The summed E-state index contributed by atoms with van der Waals surface area (Å²) in [6, 6.07) is 15.9. The van der Waals surface area contributed by atoms with Crippen molar-refractivity contribution in [1.82, 2.24) is 24.5 Å². The molecular formula is C25H28N6O3S. The van der Waals surface area contributed by atoms with Gasteiger partial charge in [0.1, 0.15) is 5.82 Å². The Bertz CT molecular complexity index is 1450. The van der Waals surface area contributed by atoms with Crippen molar-refractivity contribution in [3.05, 3.63) is 77.1 Å². The minimum Gasteiger partial charge on any atom is -0.375 e. The molecule has 35 heavy (non-hydrogen) atoms. The van der Waals surface area contributed by atoms with Gasteiger partial charge in [-0.05, 0) is 31.0 Å². The van der Waals surface area contributed by atoms with E-state index >= 15 is 0 Å². The van der Waals surface area contributed by atoms with Crippen LogP contribution in [-0.2, 0) is 40.9 Å². The van der Waals surface area contributed by atoms with E-state index in [1.807, 2.05) is 36.4 Å². The minimum absolute atomic E-state index is 0.187. The predicted molar refractivity (Wildman–Crippen MR) is 135 cm³/mol. The van der Waals surface area contributed by atoms with Gasteiger partial charge in [0.2, 0.25) is 10.0 Å². The zero-order valence-corrected chi connectivity index (χ0v) is 20.5. The van der Waals surface area contributed by atoms with Gasteiger partial charge in [-0.1, -0.05) is 42.5 Å². The van der Waals surface area contributed by atoms with Gasteiger partial charge in [0.25, 0.3) is 5.95 Å². The van der Waals surface area contributed by atoms with E-state index in [-0.39, 0.29) is 6.54 Å². The molecule has 1 aliphatic heterocycles. The van der Waals surface area contributed by atoms with Crippen LogP contribution in [-0.4, -0.2) is 40.0 Å². The minimum atomic E-state index is -3.38. The molecule has 0 saturated heterocycles. The first-order chi connectivity index (χ1) is 16.9. The number of anilines is 1. The summed E-state index contributed by atoms with van der Waals surface area (Å²) in [7, 11) is -3.38. The van der Waals surface area contributed by atoms with Gasteiger partial charge in [-0.15, -0.1) is 0 Å². The van der Waals surface area contributed by atoms with Crippen LogP contribution in [0.2, 0.25) is 0 Å². The van der Waals surface area contributed by atoms with Gasteiger partial charge < -0.3 is 10.1 Å². The van der Waals surface area contributed by atoms with Crippen molar-refractivity contribution in [2.24, 2.45) is 0 Å². The molecule has 2 N–H and O–H groups in total. The predicted octanol–water partition coefficient (Wildman–Crippen LogP) is 3.33. The summed E-state index contributed by atoms with van der Waals surface area (Å²) < 4.78 is 34.5. The lowest BCUT2D eigenvalue weighted by atomic mass is 10.1. The maximum Gasteiger partial charge on any atom is 0.253 e. The molecule has 0 aliphatic carbocycles. The van der Waals surface area contributed by atoms with Crippen molar-refractivity contribution in [2.45, 2.75) is 45.2 Å². The van der Waals surface area contributed by atoms with E-state index in [0.29, 0.717) is 25.7 Å². The molecule has 0 atom stereocenters. The second-order valence-electron chi connectivity index (χ2n) is 8.76. The monoisotopic (exact) mass is 492 g/mol. The first kappa shape index (κ1) is 23.4. The number of nitrogens with one attached hydrogen (secondary N) is 2. The van der Waals surface area contributed by atoms with Gasteiger partial charge in [0.05, 0.1) is 35.9 Å². The van der Waals surface area contributed by atoms with Crippen molar-refractivity contribution in [2.75, 3.05) is 11.9 Å².